The summed E-state index contributed by atoms with van der Waals surface area (Å²) in [4.78, 5) is 19.9. The summed E-state index contributed by atoms with van der Waals surface area (Å²) in [5, 5.41) is 2.50. The highest BCUT2D eigenvalue weighted by Gasteiger charge is 2.01. The van der Waals surface area contributed by atoms with Gasteiger partial charge in [0.1, 0.15) is 11.5 Å². The van der Waals surface area contributed by atoms with Crippen molar-refractivity contribution >= 4 is 12.0 Å². The van der Waals surface area contributed by atoms with Gasteiger partial charge in [-0.25, -0.2) is 4.39 Å². The van der Waals surface area contributed by atoms with Gasteiger partial charge < -0.3 is 0 Å². The van der Waals surface area contributed by atoms with Crippen molar-refractivity contribution in [3.05, 3.63) is 34.5 Å². The van der Waals surface area contributed by atoms with E-state index in [2.05, 4.69) is 5.18 Å². The average Bonchev–Trinajstić information content (AvgIpc) is 2.04. The van der Waals surface area contributed by atoms with Gasteiger partial charge in [-0.15, -0.1) is 4.91 Å². The maximum atomic E-state index is 12.6. The molecule has 11 heavy (non-hydrogen) atoms. The third-order valence-electron chi connectivity index (χ3n) is 1.22. The van der Waals surface area contributed by atoms with Crippen molar-refractivity contribution in [3.8, 4) is 0 Å². The zero-order valence-corrected chi connectivity index (χ0v) is 5.45. The van der Waals surface area contributed by atoms with Crippen LogP contribution in [0.15, 0.2) is 23.4 Å². The second-order valence-corrected chi connectivity index (χ2v) is 1.91. The fraction of sp³-hybridized carbons (Fsp3) is 0. The lowest BCUT2D eigenvalue weighted by atomic mass is 10.2. The lowest BCUT2D eigenvalue weighted by Gasteiger charge is -1.92. The van der Waals surface area contributed by atoms with Crippen molar-refractivity contribution in [1.29, 1.82) is 0 Å². The molecule has 0 aliphatic carbocycles. The van der Waals surface area contributed by atoms with E-state index >= 15 is 0 Å². The summed E-state index contributed by atoms with van der Waals surface area (Å²) in [5.74, 6) is -0.725. The molecule has 0 spiro atoms. The molecule has 0 aliphatic heterocycles. The molecule has 1 aromatic carbocycles. The van der Waals surface area contributed by atoms with Crippen molar-refractivity contribution in [1.82, 2.24) is 0 Å². The highest BCUT2D eigenvalue weighted by molar-refractivity contribution is 5.75. The van der Waals surface area contributed by atoms with Crippen LogP contribution >= 0.6 is 0 Å². The number of halogens is 1. The third kappa shape index (κ3) is 1.46. The molecule has 0 aliphatic rings. The summed E-state index contributed by atoms with van der Waals surface area (Å²) < 4.78 is 12.6. The summed E-state index contributed by atoms with van der Waals surface area (Å²) >= 11 is 0. The van der Waals surface area contributed by atoms with Crippen LogP contribution < -0.4 is 0 Å². The molecule has 1 rings (SSSR count). The quantitative estimate of drug-likeness (QED) is 0.482. The minimum Gasteiger partial charge on any atom is -0.298 e. The minimum absolute atomic E-state index is 0.0203. The fourth-order valence-electron chi connectivity index (χ4n) is 0.668. The van der Waals surface area contributed by atoms with Gasteiger partial charge in [-0.3, -0.25) is 4.79 Å². The first-order chi connectivity index (χ1) is 5.27. The summed E-state index contributed by atoms with van der Waals surface area (Å²) in [5.41, 5.74) is -0.0921. The Kier molecular flexibility index (Phi) is 2.06. The smallest absolute Gasteiger partial charge is 0.152 e. The van der Waals surface area contributed by atoms with E-state index in [4.69, 9.17) is 0 Å². The molecule has 1 aromatic rings. The van der Waals surface area contributed by atoms with Gasteiger partial charge in [0.15, 0.2) is 6.29 Å². The maximum absolute atomic E-state index is 12.6. The van der Waals surface area contributed by atoms with Gasteiger partial charge in [-0.05, 0) is 17.3 Å². The van der Waals surface area contributed by atoms with Gasteiger partial charge in [-0.2, -0.15) is 0 Å². The molecule has 0 saturated carbocycles. The fourth-order valence-corrected chi connectivity index (χ4v) is 0.668. The van der Waals surface area contributed by atoms with Crippen LogP contribution in [0.5, 0.6) is 0 Å². The summed E-state index contributed by atoms with van der Waals surface area (Å²) in [7, 11) is 0. The van der Waals surface area contributed by atoms with Gasteiger partial charge in [0.05, 0.1) is 5.56 Å². The molecule has 0 heterocycles. The molecule has 0 radical (unpaired) electrons. The predicted molar refractivity (Wildman–Crippen MR) is 37.2 cm³/mol. The Bertz CT molecular complexity index is 298. The SMILES string of the molecule is O=Cc1ccc(N=O)cc1F. The van der Waals surface area contributed by atoms with Crippen LogP contribution in [-0.2, 0) is 0 Å². The maximum Gasteiger partial charge on any atom is 0.152 e. The number of carbonyl (C=O) groups is 1. The Balaban J connectivity index is 3.18. The number of benzene rings is 1. The number of aldehydes is 1. The minimum atomic E-state index is -0.725. The van der Waals surface area contributed by atoms with Crippen molar-refractivity contribution < 1.29 is 9.18 Å². The van der Waals surface area contributed by atoms with Gasteiger partial charge >= 0.3 is 0 Å². The molecule has 0 fully saturated rings. The van der Waals surface area contributed by atoms with E-state index < -0.39 is 5.82 Å². The molecule has 0 N–H and O–H groups in total. The highest BCUT2D eigenvalue weighted by Crippen LogP contribution is 2.14. The monoisotopic (exact) mass is 153 g/mol. The summed E-state index contributed by atoms with van der Waals surface area (Å²) in [6.07, 6.45) is 0.379. The van der Waals surface area contributed by atoms with E-state index in [-0.39, 0.29) is 11.3 Å². The van der Waals surface area contributed by atoms with Crippen molar-refractivity contribution in [2.45, 2.75) is 0 Å². The lowest BCUT2D eigenvalue weighted by Crippen LogP contribution is -1.84. The second kappa shape index (κ2) is 3.01. The van der Waals surface area contributed by atoms with E-state index in [1.165, 1.54) is 12.1 Å². The van der Waals surface area contributed by atoms with E-state index in [1.807, 2.05) is 0 Å². The number of carbonyl (C=O) groups excluding carboxylic acids is 1. The molecular formula is C7H4FNO2. The van der Waals surface area contributed by atoms with Crippen LogP contribution in [0.1, 0.15) is 10.4 Å². The Morgan fingerprint density at radius 1 is 1.45 bits per heavy atom. The Labute approximate surface area is 61.8 Å². The molecule has 0 saturated heterocycles. The van der Waals surface area contributed by atoms with Crippen LogP contribution in [0.2, 0.25) is 0 Å². The molecule has 0 amide bonds. The van der Waals surface area contributed by atoms with Crippen molar-refractivity contribution in [3.63, 3.8) is 0 Å². The van der Waals surface area contributed by atoms with Gasteiger partial charge in [0.25, 0.3) is 0 Å². The standard InChI is InChI=1S/C7H4FNO2/c8-7-3-6(9-11)2-1-5(7)4-10/h1-4H. The van der Waals surface area contributed by atoms with Crippen LogP contribution in [-0.4, -0.2) is 6.29 Å². The molecule has 0 atom stereocenters. The third-order valence-corrected chi connectivity index (χ3v) is 1.22. The van der Waals surface area contributed by atoms with Crippen molar-refractivity contribution in [2.24, 2.45) is 5.18 Å². The Morgan fingerprint density at radius 3 is 2.64 bits per heavy atom. The molecular weight excluding hydrogens is 149 g/mol. The first-order valence-corrected chi connectivity index (χ1v) is 2.86. The van der Waals surface area contributed by atoms with Gasteiger partial charge in [0, 0.05) is 6.07 Å². The summed E-state index contributed by atoms with van der Waals surface area (Å²) in [6, 6.07) is 3.40. The van der Waals surface area contributed by atoms with E-state index in [1.54, 1.807) is 0 Å². The predicted octanol–water partition coefficient (Wildman–Crippen LogP) is 2.04. The lowest BCUT2D eigenvalue weighted by molar-refractivity contribution is 0.112. The Hall–Kier alpha value is -1.58. The topological polar surface area (TPSA) is 46.5 Å². The Morgan fingerprint density at radius 2 is 2.18 bits per heavy atom. The van der Waals surface area contributed by atoms with E-state index in [9.17, 15) is 14.1 Å². The number of rotatable bonds is 2. The van der Waals surface area contributed by atoms with Crippen LogP contribution in [0, 0.1) is 10.7 Å². The molecule has 56 valence electrons. The largest absolute Gasteiger partial charge is 0.298 e. The van der Waals surface area contributed by atoms with Gasteiger partial charge in [-0.1, -0.05) is 0 Å². The average molecular weight is 153 g/mol. The second-order valence-electron chi connectivity index (χ2n) is 1.91. The molecule has 3 nitrogen and oxygen atoms in total. The zero-order valence-electron chi connectivity index (χ0n) is 5.45. The van der Waals surface area contributed by atoms with E-state index in [0.29, 0.717) is 6.29 Å². The van der Waals surface area contributed by atoms with Crippen LogP contribution in [0.4, 0.5) is 10.1 Å². The molecule has 4 heteroatoms. The normalized spacial score (nSPS) is 9.18. The van der Waals surface area contributed by atoms with Crippen LogP contribution in [0.3, 0.4) is 0 Å². The molecule has 0 aromatic heterocycles. The molecule has 0 unspecified atom stereocenters. The zero-order chi connectivity index (χ0) is 8.27. The first-order valence-electron chi connectivity index (χ1n) is 2.86. The molecule has 0 bridgehead atoms. The number of hydrogen-bond donors (Lipinski definition) is 0. The van der Waals surface area contributed by atoms with Crippen LogP contribution in [0.25, 0.3) is 0 Å². The van der Waals surface area contributed by atoms with E-state index in [0.717, 1.165) is 6.07 Å². The van der Waals surface area contributed by atoms with Gasteiger partial charge in [0.2, 0.25) is 0 Å². The number of nitrogens with zero attached hydrogens (tertiary/aromatic N) is 1. The number of hydrogen-bond acceptors (Lipinski definition) is 3. The van der Waals surface area contributed by atoms with Crippen molar-refractivity contribution in [2.75, 3.05) is 0 Å². The first kappa shape index (κ1) is 7.53. The highest BCUT2D eigenvalue weighted by atomic mass is 19.1. The summed E-state index contributed by atoms with van der Waals surface area (Å²) in [6.45, 7) is 0. The number of nitroso groups, excluding NO2 is 1.